The molecule has 0 amide bonds. The number of hydrogen-bond donors (Lipinski definition) is 1. The maximum Gasteiger partial charge on any atom is 0.144 e. The van der Waals surface area contributed by atoms with Crippen molar-refractivity contribution in [1.29, 1.82) is 0 Å². The van der Waals surface area contributed by atoms with Crippen molar-refractivity contribution in [2.45, 2.75) is 13.0 Å². The zero-order valence-corrected chi connectivity index (χ0v) is 10.5. The molecular weight excluding hydrogens is 226 g/mol. The molecule has 94 valence electrons. The lowest BCUT2D eigenvalue weighted by molar-refractivity contribution is 0.829. The number of aromatic nitrogens is 3. The van der Waals surface area contributed by atoms with Gasteiger partial charge in [0.25, 0.3) is 0 Å². The molecule has 0 atom stereocenters. The van der Waals surface area contributed by atoms with Gasteiger partial charge < -0.3 is 10.6 Å². The monoisotopic (exact) mass is 243 g/mol. The second kappa shape index (κ2) is 6.07. The number of pyridine rings is 1. The first kappa shape index (κ1) is 12.4. The molecule has 2 N–H and O–H groups in total. The van der Waals surface area contributed by atoms with Crippen LogP contribution in [0.3, 0.4) is 0 Å². The third kappa shape index (κ3) is 3.24. The first-order chi connectivity index (χ1) is 8.79. The van der Waals surface area contributed by atoms with E-state index in [4.69, 9.17) is 5.73 Å². The van der Waals surface area contributed by atoms with Crippen molar-refractivity contribution in [3.8, 4) is 0 Å². The Morgan fingerprint density at radius 3 is 2.89 bits per heavy atom. The van der Waals surface area contributed by atoms with Gasteiger partial charge >= 0.3 is 0 Å². The Morgan fingerprint density at radius 2 is 2.17 bits per heavy atom. The van der Waals surface area contributed by atoms with E-state index in [9.17, 15) is 0 Å². The van der Waals surface area contributed by atoms with E-state index in [0.717, 1.165) is 18.8 Å². The van der Waals surface area contributed by atoms with E-state index < -0.39 is 0 Å². The fourth-order valence-electron chi connectivity index (χ4n) is 1.66. The summed E-state index contributed by atoms with van der Waals surface area (Å²) in [5.41, 5.74) is 6.75. The van der Waals surface area contributed by atoms with Crippen LogP contribution in [-0.2, 0) is 13.0 Å². The minimum absolute atomic E-state index is 0.365. The highest BCUT2D eigenvalue weighted by Gasteiger charge is 2.04. The van der Waals surface area contributed by atoms with Gasteiger partial charge in [0.05, 0.1) is 6.54 Å². The van der Waals surface area contributed by atoms with Crippen LogP contribution in [0.1, 0.15) is 11.4 Å². The van der Waals surface area contributed by atoms with Crippen molar-refractivity contribution in [3.63, 3.8) is 0 Å². The summed E-state index contributed by atoms with van der Waals surface area (Å²) in [7, 11) is 2.01. The Kier molecular flexibility index (Phi) is 4.20. The SMILES string of the molecule is CN(CCc1cccnc1)c1ccnc(CN)n1. The molecule has 0 radical (unpaired) electrons. The van der Waals surface area contributed by atoms with Gasteiger partial charge in [-0.2, -0.15) is 0 Å². The van der Waals surface area contributed by atoms with Gasteiger partial charge in [0.1, 0.15) is 11.6 Å². The normalized spacial score (nSPS) is 10.3. The van der Waals surface area contributed by atoms with Crippen molar-refractivity contribution in [2.75, 3.05) is 18.5 Å². The highest BCUT2D eigenvalue weighted by Crippen LogP contribution is 2.08. The molecule has 18 heavy (non-hydrogen) atoms. The molecular formula is C13H17N5. The summed E-state index contributed by atoms with van der Waals surface area (Å²) in [6.07, 6.45) is 6.35. The standard InChI is InChI=1S/C13H17N5/c1-18(8-5-11-3-2-6-15-10-11)13-4-7-16-12(9-14)17-13/h2-4,6-7,10H,5,8-9,14H2,1H3. The predicted molar refractivity (Wildman–Crippen MR) is 71.1 cm³/mol. The summed E-state index contributed by atoms with van der Waals surface area (Å²) >= 11 is 0. The molecule has 0 unspecified atom stereocenters. The number of hydrogen-bond acceptors (Lipinski definition) is 5. The van der Waals surface area contributed by atoms with Crippen LogP contribution in [0, 0.1) is 0 Å². The van der Waals surface area contributed by atoms with Crippen LogP contribution < -0.4 is 10.6 Å². The Balaban J connectivity index is 1.97. The largest absolute Gasteiger partial charge is 0.359 e. The number of nitrogens with two attached hydrogens (primary N) is 1. The highest BCUT2D eigenvalue weighted by molar-refractivity contribution is 5.36. The van der Waals surface area contributed by atoms with E-state index in [2.05, 4.69) is 25.9 Å². The fourth-order valence-corrected chi connectivity index (χ4v) is 1.66. The summed E-state index contributed by atoms with van der Waals surface area (Å²) in [4.78, 5) is 14.7. The summed E-state index contributed by atoms with van der Waals surface area (Å²) in [6, 6.07) is 5.92. The first-order valence-corrected chi connectivity index (χ1v) is 5.91. The summed E-state index contributed by atoms with van der Waals surface area (Å²) in [5.74, 6) is 1.56. The molecule has 5 heteroatoms. The van der Waals surface area contributed by atoms with Crippen LogP contribution in [0.15, 0.2) is 36.8 Å². The van der Waals surface area contributed by atoms with Crippen LogP contribution in [0.2, 0.25) is 0 Å². The maximum absolute atomic E-state index is 5.53. The number of anilines is 1. The molecule has 5 nitrogen and oxygen atoms in total. The van der Waals surface area contributed by atoms with Crippen molar-refractivity contribution in [3.05, 3.63) is 48.2 Å². The van der Waals surface area contributed by atoms with Gasteiger partial charge in [0.15, 0.2) is 0 Å². The summed E-state index contributed by atoms with van der Waals surface area (Å²) in [6.45, 7) is 1.25. The summed E-state index contributed by atoms with van der Waals surface area (Å²) in [5, 5.41) is 0. The topological polar surface area (TPSA) is 67.9 Å². The number of rotatable bonds is 5. The van der Waals surface area contributed by atoms with E-state index >= 15 is 0 Å². The predicted octanol–water partition coefficient (Wildman–Crippen LogP) is 1.01. The van der Waals surface area contributed by atoms with Gasteiger partial charge in [0.2, 0.25) is 0 Å². The minimum Gasteiger partial charge on any atom is -0.359 e. The lowest BCUT2D eigenvalue weighted by Crippen LogP contribution is -2.22. The molecule has 2 rings (SSSR count). The molecule has 0 aliphatic rings. The van der Waals surface area contributed by atoms with E-state index in [1.54, 1.807) is 12.4 Å². The van der Waals surface area contributed by atoms with E-state index in [-0.39, 0.29) is 0 Å². The fraction of sp³-hybridized carbons (Fsp3) is 0.308. The van der Waals surface area contributed by atoms with Gasteiger partial charge in [-0.05, 0) is 24.1 Å². The van der Waals surface area contributed by atoms with Gasteiger partial charge in [0, 0.05) is 32.2 Å². The molecule has 0 aromatic carbocycles. The van der Waals surface area contributed by atoms with Crippen molar-refractivity contribution < 1.29 is 0 Å². The Morgan fingerprint density at radius 1 is 1.28 bits per heavy atom. The Labute approximate surface area is 107 Å². The van der Waals surface area contributed by atoms with Crippen LogP contribution in [-0.4, -0.2) is 28.5 Å². The van der Waals surface area contributed by atoms with Crippen LogP contribution in [0.5, 0.6) is 0 Å². The lowest BCUT2D eigenvalue weighted by Gasteiger charge is -2.18. The molecule has 0 fully saturated rings. The van der Waals surface area contributed by atoms with Gasteiger partial charge in [-0.25, -0.2) is 9.97 Å². The molecule has 0 spiro atoms. The van der Waals surface area contributed by atoms with Crippen molar-refractivity contribution in [2.24, 2.45) is 5.73 Å². The van der Waals surface area contributed by atoms with Gasteiger partial charge in [-0.15, -0.1) is 0 Å². The Hall–Kier alpha value is -2.01. The molecule has 2 heterocycles. The van der Waals surface area contributed by atoms with Gasteiger partial charge in [-0.3, -0.25) is 4.98 Å². The maximum atomic E-state index is 5.53. The average molecular weight is 243 g/mol. The first-order valence-electron chi connectivity index (χ1n) is 5.91. The van der Waals surface area contributed by atoms with E-state index in [1.165, 1.54) is 5.56 Å². The third-order valence-corrected chi connectivity index (χ3v) is 2.72. The molecule has 0 aliphatic heterocycles. The zero-order valence-electron chi connectivity index (χ0n) is 10.5. The molecule has 0 aliphatic carbocycles. The number of likely N-dealkylation sites (N-methyl/N-ethyl adjacent to an activating group) is 1. The van der Waals surface area contributed by atoms with Crippen LogP contribution in [0.25, 0.3) is 0 Å². The molecule has 0 saturated carbocycles. The highest BCUT2D eigenvalue weighted by atomic mass is 15.2. The molecule has 2 aromatic heterocycles. The number of nitrogens with zero attached hydrogens (tertiary/aromatic N) is 4. The van der Waals surface area contributed by atoms with Crippen molar-refractivity contribution >= 4 is 5.82 Å². The minimum atomic E-state index is 0.365. The van der Waals surface area contributed by atoms with Crippen LogP contribution >= 0.6 is 0 Å². The molecule has 2 aromatic rings. The van der Waals surface area contributed by atoms with Gasteiger partial charge in [-0.1, -0.05) is 6.07 Å². The quantitative estimate of drug-likeness (QED) is 0.848. The average Bonchev–Trinajstić information content (AvgIpc) is 2.46. The van der Waals surface area contributed by atoms with Crippen molar-refractivity contribution in [1.82, 2.24) is 15.0 Å². The molecule has 0 bridgehead atoms. The lowest BCUT2D eigenvalue weighted by atomic mass is 10.2. The van der Waals surface area contributed by atoms with Crippen LogP contribution in [0.4, 0.5) is 5.82 Å². The molecule has 0 saturated heterocycles. The Bertz CT molecular complexity index is 486. The third-order valence-electron chi connectivity index (χ3n) is 2.72. The summed E-state index contributed by atoms with van der Waals surface area (Å²) < 4.78 is 0. The second-order valence-electron chi connectivity index (χ2n) is 4.07. The second-order valence-corrected chi connectivity index (χ2v) is 4.07. The van der Waals surface area contributed by atoms with E-state index in [0.29, 0.717) is 12.4 Å². The zero-order chi connectivity index (χ0) is 12.8. The van der Waals surface area contributed by atoms with E-state index in [1.807, 2.05) is 25.4 Å². The smallest absolute Gasteiger partial charge is 0.144 e.